The summed E-state index contributed by atoms with van der Waals surface area (Å²) in [5.74, 6) is -1.78. The second-order valence-electron chi connectivity index (χ2n) is 2.27. The van der Waals surface area contributed by atoms with E-state index in [-0.39, 0.29) is 57.3 Å². The standard InChI is InChI=1S/C8H5NO3.K/c10-8(11)7-9-5-3-1-2-4-6(5)12-7;/h1-4H,(H,10,11);/q;+1/p-1. The van der Waals surface area contributed by atoms with Crippen LogP contribution in [0.3, 0.4) is 0 Å². The van der Waals surface area contributed by atoms with Gasteiger partial charge in [0.2, 0.25) is 5.89 Å². The Labute approximate surface area is 116 Å². The van der Waals surface area contributed by atoms with E-state index >= 15 is 0 Å². The molecule has 0 fully saturated rings. The molecule has 0 bridgehead atoms. The molecule has 0 aliphatic heterocycles. The Bertz CT molecular complexity index is 405. The molecule has 0 radical (unpaired) electrons. The van der Waals surface area contributed by atoms with E-state index in [1.165, 1.54) is 0 Å². The molecule has 0 atom stereocenters. The van der Waals surface area contributed by atoms with E-state index in [0.29, 0.717) is 11.1 Å². The number of oxazole rings is 1. The Kier molecular flexibility index (Phi) is 3.63. The third-order valence-corrected chi connectivity index (χ3v) is 1.47. The number of aromatic carboxylic acids is 1. The molecular formula is C8H4KNO3. The minimum atomic E-state index is -1.40. The number of hydrogen-bond acceptors (Lipinski definition) is 4. The molecule has 2 aromatic rings. The number of para-hydroxylation sites is 2. The number of nitrogens with zero attached hydrogens (tertiary/aromatic N) is 1. The first-order valence-corrected chi connectivity index (χ1v) is 3.34. The Morgan fingerprint density at radius 1 is 1.38 bits per heavy atom. The van der Waals surface area contributed by atoms with Gasteiger partial charge in [0.25, 0.3) is 0 Å². The van der Waals surface area contributed by atoms with Gasteiger partial charge in [0, 0.05) is 0 Å². The van der Waals surface area contributed by atoms with Gasteiger partial charge in [-0.3, -0.25) is 0 Å². The molecule has 0 unspecified atom stereocenters. The van der Waals surface area contributed by atoms with Crippen molar-refractivity contribution in [1.82, 2.24) is 4.98 Å². The van der Waals surface area contributed by atoms with E-state index in [9.17, 15) is 9.90 Å². The second-order valence-corrected chi connectivity index (χ2v) is 2.27. The van der Waals surface area contributed by atoms with Crippen molar-refractivity contribution in [2.75, 3.05) is 0 Å². The van der Waals surface area contributed by atoms with Crippen molar-refractivity contribution in [3.05, 3.63) is 30.2 Å². The van der Waals surface area contributed by atoms with Crippen LogP contribution in [0.25, 0.3) is 11.1 Å². The number of hydrogen-bond donors (Lipinski definition) is 0. The summed E-state index contributed by atoms with van der Waals surface area (Å²) in [5.41, 5.74) is 0.980. The van der Waals surface area contributed by atoms with Crippen molar-refractivity contribution in [2.24, 2.45) is 0 Å². The van der Waals surface area contributed by atoms with Crippen molar-refractivity contribution in [3.63, 3.8) is 0 Å². The Balaban J connectivity index is 0.000000845. The van der Waals surface area contributed by atoms with Crippen molar-refractivity contribution in [3.8, 4) is 0 Å². The molecular weight excluding hydrogens is 197 g/mol. The number of carboxylic acid groups (broad SMARTS) is 1. The van der Waals surface area contributed by atoms with Crippen molar-refractivity contribution < 1.29 is 65.7 Å². The maximum Gasteiger partial charge on any atom is 1.00 e. The molecule has 60 valence electrons. The smallest absolute Gasteiger partial charge is 0.540 e. The Hall–Kier alpha value is -0.204. The topological polar surface area (TPSA) is 66.2 Å². The molecule has 2 rings (SSSR count). The summed E-state index contributed by atoms with van der Waals surface area (Å²) in [7, 11) is 0. The van der Waals surface area contributed by atoms with Gasteiger partial charge < -0.3 is 14.3 Å². The molecule has 0 aliphatic rings. The molecule has 13 heavy (non-hydrogen) atoms. The normalized spacial score (nSPS) is 9.54. The summed E-state index contributed by atoms with van der Waals surface area (Å²) in [5, 5.41) is 10.3. The zero-order valence-corrected chi connectivity index (χ0v) is 10.1. The molecule has 4 nitrogen and oxygen atoms in total. The number of carbonyl (C=O) groups is 1. The Morgan fingerprint density at radius 2 is 2.08 bits per heavy atom. The fourth-order valence-electron chi connectivity index (χ4n) is 0.960. The summed E-state index contributed by atoms with van der Waals surface area (Å²) in [4.78, 5) is 14.0. The van der Waals surface area contributed by atoms with E-state index < -0.39 is 5.97 Å². The van der Waals surface area contributed by atoms with Gasteiger partial charge in [-0.15, -0.1) is 0 Å². The van der Waals surface area contributed by atoms with Gasteiger partial charge in [0.15, 0.2) is 5.58 Å². The van der Waals surface area contributed by atoms with Crippen molar-refractivity contribution in [1.29, 1.82) is 0 Å². The number of aromatic nitrogens is 1. The van der Waals surface area contributed by atoms with Crippen LogP contribution in [0.5, 0.6) is 0 Å². The molecule has 0 spiro atoms. The third-order valence-electron chi connectivity index (χ3n) is 1.47. The van der Waals surface area contributed by atoms with Gasteiger partial charge in [0.1, 0.15) is 11.5 Å². The Morgan fingerprint density at radius 3 is 2.69 bits per heavy atom. The minimum Gasteiger partial charge on any atom is -0.540 e. The van der Waals surface area contributed by atoms with Crippen LogP contribution < -0.4 is 56.5 Å². The maximum atomic E-state index is 10.3. The molecule has 0 amide bonds. The van der Waals surface area contributed by atoms with Gasteiger partial charge in [-0.1, -0.05) is 12.1 Å². The summed E-state index contributed by atoms with van der Waals surface area (Å²) in [6.45, 7) is 0. The van der Waals surface area contributed by atoms with Gasteiger partial charge in [0.05, 0.1) is 0 Å². The van der Waals surface area contributed by atoms with Crippen LogP contribution >= 0.6 is 0 Å². The van der Waals surface area contributed by atoms with Crippen LogP contribution in [0.2, 0.25) is 0 Å². The van der Waals surface area contributed by atoms with Gasteiger partial charge in [-0.25, -0.2) is 4.98 Å². The molecule has 0 saturated heterocycles. The number of carboxylic acids is 1. The van der Waals surface area contributed by atoms with E-state index in [1.807, 2.05) is 0 Å². The molecule has 5 heteroatoms. The molecule has 1 aromatic carbocycles. The van der Waals surface area contributed by atoms with E-state index in [0.717, 1.165) is 0 Å². The molecule has 0 N–H and O–H groups in total. The van der Waals surface area contributed by atoms with E-state index in [4.69, 9.17) is 4.42 Å². The zero-order valence-electron chi connectivity index (χ0n) is 6.98. The van der Waals surface area contributed by atoms with Crippen molar-refractivity contribution >= 4 is 17.1 Å². The number of benzene rings is 1. The largest absolute Gasteiger partial charge is 1.00 e. The predicted octanol–water partition coefficient (Wildman–Crippen LogP) is -2.80. The van der Waals surface area contributed by atoms with Crippen LogP contribution in [0.1, 0.15) is 10.7 Å². The molecule has 0 aliphatic carbocycles. The monoisotopic (exact) mass is 201 g/mol. The number of rotatable bonds is 1. The average molecular weight is 201 g/mol. The van der Waals surface area contributed by atoms with Crippen LogP contribution in [-0.4, -0.2) is 11.0 Å². The van der Waals surface area contributed by atoms with Gasteiger partial charge >= 0.3 is 51.4 Å². The fraction of sp³-hybridized carbons (Fsp3) is 0. The third kappa shape index (κ3) is 2.18. The quantitative estimate of drug-likeness (QED) is 0.467. The summed E-state index contributed by atoms with van der Waals surface area (Å²) < 4.78 is 4.86. The second kappa shape index (κ2) is 4.34. The fourth-order valence-corrected chi connectivity index (χ4v) is 0.960. The maximum absolute atomic E-state index is 10.3. The first-order chi connectivity index (χ1) is 5.77. The number of carbonyl (C=O) groups excluding carboxylic acids is 1. The molecule has 0 saturated carbocycles. The van der Waals surface area contributed by atoms with Crippen LogP contribution in [0, 0.1) is 0 Å². The van der Waals surface area contributed by atoms with Gasteiger partial charge in [-0.05, 0) is 12.1 Å². The number of fused-ring (bicyclic) bond motifs is 1. The average Bonchev–Trinajstić information content (AvgIpc) is 2.46. The summed E-state index contributed by atoms with van der Waals surface area (Å²) in [6, 6.07) is 6.82. The van der Waals surface area contributed by atoms with Crippen molar-refractivity contribution in [2.45, 2.75) is 0 Å². The summed E-state index contributed by atoms with van der Waals surface area (Å²) >= 11 is 0. The predicted molar refractivity (Wildman–Crippen MR) is 38.3 cm³/mol. The SMILES string of the molecule is O=C([O-])c1nc2ccccc2o1.[K+]. The van der Waals surface area contributed by atoms with E-state index in [2.05, 4.69) is 4.98 Å². The summed E-state index contributed by atoms with van der Waals surface area (Å²) in [6.07, 6.45) is 0. The molecule has 1 heterocycles. The minimum absolute atomic E-state index is 0. The van der Waals surface area contributed by atoms with Crippen LogP contribution in [0.4, 0.5) is 0 Å². The van der Waals surface area contributed by atoms with Crippen LogP contribution in [-0.2, 0) is 0 Å². The molecule has 1 aromatic heterocycles. The van der Waals surface area contributed by atoms with Gasteiger partial charge in [-0.2, -0.15) is 0 Å². The first kappa shape index (κ1) is 10.9. The first-order valence-electron chi connectivity index (χ1n) is 3.34. The van der Waals surface area contributed by atoms with E-state index in [1.54, 1.807) is 24.3 Å². The zero-order chi connectivity index (χ0) is 8.55. The van der Waals surface area contributed by atoms with Crippen LogP contribution in [0.15, 0.2) is 28.7 Å².